The van der Waals surface area contributed by atoms with E-state index < -0.39 is 0 Å². The van der Waals surface area contributed by atoms with Crippen LogP contribution in [0.5, 0.6) is 11.5 Å². The summed E-state index contributed by atoms with van der Waals surface area (Å²) in [4.78, 5) is 12.2. The van der Waals surface area contributed by atoms with Gasteiger partial charge in [-0.05, 0) is 166 Å². The molecule has 4 aliphatic rings. The van der Waals surface area contributed by atoms with Crippen molar-refractivity contribution in [2.24, 2.45) is 0 Å². The molecular weight excluding hydrogens is 1070 g/mol. The maximum absolute atomic E-state index is 10.5. The highest BCUT2D eigenvalue weighted by Crippen LogP contribution is 2.52. The molecule has 0 unspecified atom stereocenters. The van der Waals surface area contributed by atoms with Crippen molar-refractivity contribution in [2.75, 3.05) is 24.5 Å². The zero-order valence-corrected chi connectivity index (χ0v) is 47.8. The molecule has 0 saturated heterocycles. The van der Waals surface area contributed by atoms with E-state index in [1.807, 2.05) is 18.2 Å². The monoisotopic (exact) mass is 1120 g/mol. The van der Waals surface area contributed by atoms with E-state index in [2.05, 4.69) is 328 Å². The van der Waals surface area contributed by atoms with Crippen LogP contribution >= 0.6 is 0 Å². The molecule has 13 aromatic carbocycles. The predicted molar refractivity (Wildman–Crippen MR) is 366 cm³/mol. The quantitative estimate of drug-likeness (QED) is 0.126. The van der Waals surface area contributed by atoms with Crippen LogP contribution in [0.2, 0.25) is 0 Å². The van der Waals surface area contributed by atoms with Gasteiger partial charge in [-0.15, -0.1) is 0 Å². The molecule has 0 fully saturated rings. The average molecular weight is 1120 g/mol. The van der Waals surface area contributed by atoms with Crippen molar-refractivity contribution < 1.29 is 4.74 Å². The Morgan fingerprint density at radius 2 is 0.727 bits per heavy atom. The zero-order valence-electron chi connectivity index (χ0n) is 47.8. The third-order valence-corrected chi connectivity index (χ3v) is 17.8. The van der Waals surface area contributed by atoms with Crippen molar-refractivity contribution in [1.29, 1.82) is 5.26 Å². The molecular formula is C79H52B2N6O. The van der Waals surface area contributed by atoms with Gasteiger partial charge in [0.25, 0.3) is 13.4 Å². The molecule has 9 heteroatoms. The number of nitrogens with zero attached hydrogens (tertiary/aromatic N) is 6. The van der Waals surface area contributed by atoms with Crippen LogP contribution in [-0.4, -0.2) is 13.4 Å². The number of hydrogen-bond acceptors (Lipinski definition) is 7. The fourth-order valence-corrected chi connectivity index (χ4v) is 14.2. The van der Waals surface area contributed by atoms with E-state index in [4.69, 9.17) is 4.74 Å². The first-order valence-electron chi connectivity index (χ1n) is 29.9. The first kappa shape index (κ1) is 50.8. The first-order valence-corrected chi connectivity index (χ1v) is 29.9. The van der Waals surface area contributed by atoms with Crippen LogP contribution in [0, 0.1) is 11.3 Å². The molecule has 0 aromatic heterocycles. The molecule has 0 aliphatic carbocycles. The second-order valence-corrected chi connectivity index (χ2v) is 22.7. The maximum atomic E-state index is 10.5. The minimum Gasteiger partial charge on any atom is -0.458 e. The second kappa shape index (κ2) is 20.8. The van der Waals surface area contributed by atoms with Crippen molar-refractivity contribution in [2.45, 2.75) is 0 Å². The predicted octanol–water partition coefficient (Wildman–Crippen LogP) is 16.7. The number of anilines is 15. The Labute approximate surface area is 512 Å². The van der Waals surface area contributed by atoms with Gasteiger partial charge in [0.1, 0.15) is 11.5 Å². The molecule has 88 heavy (non-hydrogen) atoms. The van der Waals surface area contributed by atoms with E-state index in [0.29, 0.717) is 5.56 Å². The van der Waals surface area contributed by atoms with E-state index in [1.165, 1.54) is 21.9 Å². The summed E-state index contributed by atoms with van der Waals surface area (Å²) in [7, 11) is 0. The van der Waals surface area contributed by atoms with Gasteiger partial charge in [-0.3, -0.25) is 0 Å². The topological polar surface area (TPSA) is 49.2 Å². The molecule has 0 saturated carbocycles. The van der Waals surface area contributed by atoms with Gasteiger partial charge in [0, 0.05) is 79.9 Å². The Bertz CT molecular complexity index is 4800. The molecule has 17 rings (SSSR count). The summed E-state index contributed by atoms with van der Waals surface area (Å²) in [6, 6.07) is 116. The van der Waals surface area contributed by atoms with Crippen molar-refractivity contribution in [3.63, 3.8) is 0 Å². The van der Waals surface area contributed by atoms with Crippen LogP contribution in [-0.2, 0) is 0 Å². The number of hydrogen-bond donors (Lipinski definition) is 0. The van der Waals surface area contributed by atoms with Gasteiger partial charge in [0.2, 0.25) is 0 Å². The fourth-order valence-electron chi connectivity index (χ4n) is 14.2. The smallest absolute Gasteiger partial charge is 0.256 e. The lowest BCUT2D eigenvalue weighted by molar-refractivity contribution is 0.487. The zero-order chi connectivity index (χ0) is 58.2. The summed E-state index contributed by atoms with van der Waals surface area (Å²) in [5, 5.41) is 10.5. The van der Waals surface area contributed by atoms with Crippen molar-refractivity contribution in [3.8, 4) is 28.7 Å². The third kappa shape index (κ3) is 8.15. The lowest BCUT2D eigenvalue weighted by Gasteiger charge is -2.47. The molecule has 0 radical (unpaired) electrons. The highest BCUT2D eigenvalue weighted by molar-refractivity contribution is 7.02. The van der Waals surface area contributed by atoms with Crippen LogP contribution in [0.15, 0.2) is 315 Å². The van der Waals surface area contributed by atoms with Crippen LogP contribution in [0.25, 0.3) is 11.1 Å². The molecule has 0 atom stereocenters. The van der Waals surface area contributed by atoms with Crippen molar-refractivity contribution in [1.82, 2.24) is 0 Å². The standard InChI is InChI=1S/C79H52B2N6O/c82-53-54-44-45-69(64(46-54)55-26-8-1-9-27-55)87-70-42-24-22-40-65(70)80-67-51-68-72(52-71(67)85(60-36-18-6-19-37-60)73-47-62(48-74(87)78(73)80)83(56-28-10-2-11-29-56)57-30-12-3-13-31-57)86(61-38-20-7-21-39-61)75-49-63(50-77-79(75)81(68)66-41-23-25-43-76(66)88-77)84(58-32-14-4-15-33-58)59-34-16-5-17-35-59/h1-52H. The Morgan fingerprint density at radius 1 is 0.295 bits per heavy atom. The van der Waals surface area contributed by atoms with Gasteiger partial charge in [0.05, 0.1) is 28.7 Å². The van der Waals surface area contributed by atoms with Crippen molar-refractivity contribution >= 4 is 132 Å². The fraction of sp³-hybridized carbons (Fsp3) is 0. The van der Waals surface area contributed by atoms with Gasteiger partial charge >= 0.3 is 0 Å². The molecule has 13 aromatic rings. The molecule has 7 nitrogen and oxygen atoms in total. The normalized spacial score (nSPS) is 12.7. The van der Waals surface area contributed by atoms with Crippen LogP contribution in [0.4, 0.5) is 85.3 Å². The summed E-state index contributed by atoms with van der Waals surface area (Å²) in [6.07, 6.45) is 0. The molecule has 0 amide bonds. The van der Waals surface area contributed by atoms with Crippen LogP contribution in [0.1, 0.15) is 5.56 Å². The summed E-state index contributed by atoms with van der Waals surface area (Å²) in [5.41, 5.74) is 25.1. The lowest BCUT2D eigenvalue weighted by atomic mass is 9.30. The molecule has 0 spiro atoms. The minimum atomic E-state index is -0.235. The van der Waals surface area contributed by atoms with Gasteiger partial charge in [-0.2, -0.15) is 5.26 Å². The number of rotatable bonds is 10. The first-order chi connectivity index (χ1) is 43.6. The number of benzene rings is 13. The number of ether oxygens (including phenoxy) is 1. The lowest BCUT2D eigenvalue weighted by Crippen LogP contribution is -2.64. The van der Waals surface area contributed by atoms with Crippen LogP contribution < -0.4 is 62.0 Å². The molecule has 410 valence electrons. The average Bonchev–Trinajstić information content (AvgIpc) is 0.864. The van der Waals surface area contributed by atoms with E-state index in [1.54, 1.807) is 0 Å². The third-order valence-electron chi connectivity index (χ3n) is 17.8. The largest absolute Gasteiger partial charge is 0.458 e. The number of fused-ring (bicyclic) bond motifs is 8. The summed E-state index contributed by atoms with van der Waals surface area (Å²) < 4.78 is 7.25. The SMILES string of the molecule is N#Cc1ccc(N2c3ccccc3B3c4cc5c(cc4N(c4ccccc4)c4cc(N(c6ccccc6)c6ccccc6)cc2c43)N(c2ccccc2)c2cc(N(c3ccccc3)c3ccccc3)cc3c2B5c2ccccc2O3)c(-c2ccccc2)c1. The van der Waals surface area contributed by atoms with E-state index in [0.717, 1.165) is 119 Å². The van der Waals surface area contributed by atoms with E-state index in [-0.39, 0.29) is 13.4 Å². The Morgan fingerprint density at radius 3 is 1.26 bits per heavy atom. The summed E-state index contributed by atoms with van der Waals surface area (Å²) >= 11 is 0. The maximum Gasteiger partial charge on any atom is 0.256 e. The van der Waals surface area contributed by atoms with Gasteiger partial charge < -0.3 is 29.2 Å². The molecule has 4 aliphatic heterocycles. The highest BCUT2D eigenvalue weighted by atomic mass is 16.5. The Hall–Kier alpha value is -11.7. The molecule has 4 heterocycles. The van der Waals surface area contributed by atoms with Gasteiger partial charge in [-0.25, -0.2) is 0 Å². The van der Waals surface area contributed by atoms with Crippen molar-refractivity contribution in [3.05, 3.63) is 321 Å². The highest BCUT2D eigenvalue weighted by Gasteiger charge is 2.48. The number of nitriles is 1. The van der Waals surface area contributed by atoms with Crippen LogP contribution in [0.3, 0.4) is 0 Å². The van der Waals surface area contributed by atoms with E-state index >= 15 is 0 Å². The summed E-state index contributed by atoms with van der Waals surface area (Å²) in [6.45, 7) is -0.437. The summed E-state index contributed by atoms with van der Waals surface area (Å²) in [5.74, 6) is 1.66. The van der Waals surface area contributed by atoms with Gasteiger partial charge in [-0.1, -0.05) is 182 Å². The molecule has 0 bridgehead atoms. The molecule has 0 N–H and O–H groups in total. The Balaban J connectivity index is 0.985. The second-order valence-electron chi connectivity index (χ2n) is 22.7. The number of para-hydroxylation sites is 8. The minimum absolute atomic E-state index is 0.202. The van der Waals surface area contributed by atoms with Gasteiger partial charge in [0.15, 0.2) is 0 Å². The van der Waals surface area contributed by atoms with E-state index in [9.17, 15) is 5.26 Å². The Kier molecular flexibility index (Phi) is 12.0.